The predicted molar refractivity (Wildman–Crippen MR) is 72.8 cm³/mol. The highest BCUT2D eigenvalue weighted by Crippen LogP contribution is 2.21. The Morgan fingerprint density at radius 3 is 2.83 bits per heavy atom. The van der Waals surface area contributed by atoms with E-state index in [9.17, 15) is 4.79 Å². The zero-order valence-electron chi connectivity index (χ0n) is 10.7. The number of hydrogen-bond donors (Lipinski definition) is 2. The normalized spacial score (nSPS) is 12.2. The Labute approximate surface area is 113 Å². The van der Waals surface area contributed by atoms with Gasteiger partial charge in [-0.1, -0.05) is 29.8 Å². The number of carbonyl (C=O) groups is 1. The lowest BCUT2D eigenvalue weighted by Gasteiger charge is -2.15. The summed E-state index contributed by atoms with van der Waals surface area (Å²) in [5, 5.41) is 6.54. The summed E-state index contributed by atoms with van der Waals surface area (Å²) >= 11 is 6.06. The van der Waals surface area contributed by atoms with E-state index in [4.69, 9.17) is 16.3 Å². The first-order valence-electron chi connectivity index (χ1n) is 5.88. The third-order valence-electron chi connectivity index (χ3n) is 2.52. The van der Waals surface area contributed by atoms with Gasteiger partial charge in [0.15, 0.2) is 0 Å². The SMILES string of the molecule is COCCNCC(=O)N[C@@H](C)c1ccccc1Cl. The van der Waals surface area contributed by atoms with Crippen LogP contribution in [0.5, 0.6) is 0 Å². The first-order valence-corrected chi connectivity index (χ1v) is 6.26. The second-order valence-electron chi connectivity index (χ2n) is 3.98. The van der Waals surface area contributed by atoms with E-state index in [0.29, 0.717) is 18.2 Å². The molecular formula is C13H19ClN2O2. The van der Waals surface area contributed by atoms with Crippen molar-refractivity contribution >= 4 is 17.5 Å². The van der Waals surface area contributed by atoms with Gasteiger partial charge in [0.2, 0.25) is 5.91 Å². The molecule has 0 radical (unpaired) electrons. The summed E-state index contributed by atoms with van der Waals surface area (Å²) < 4.78 is 4.88. The summed E-state index contributed by atoms with van der Waals surface area (Å²) in [6, 6.07) is 7.39. The van der Waals surface area contributed by atoms with E-state index in [1.165, 1.54) is 0 Å². The van der Waals surface area contributed by atoms with Gasteiger partial charge in [-0.25, -0.2) is 0 Å². The quantitative estimate of drug-likeness (QED) is 0.743. The molecule has 1 rings (SSSR count). The van der Waals surface area contributed by atoms with Crippen LogP contribution in [0.25, 0.3) is 0 Å². The number of ether oxygens (including phenoxy) is 1. The molecule has 2 N–H and O–H groups in total. The molecule has 0 aliphatic rings. The van der Waals surface area contributed by atoms with Crippen LogP contribution in [0.15, 0.2) is 24.3 Å². The maximum absolute atomic E-state index is 11.6. The van der Waals surface area contributed by atoms with E-state index >= 15 is 0 Å². The fourth-order valence-corrected chi connectivity index (χ4v) is 1.87. The average Bonchev–Trinajstić information content (AvgIpc) is 2.35. The topological polar surface area (TPSA) is 50.4 Å². The number of carbonyl (C=O) groups excluding carboxylic acids is 1. The molecule has 0 heterocycles. The predicted octanol–water partition coefficient (Wildman–Crippen LogP) is 1.75. The van der Waals surface area contributed by atoms with Crippen molar-refractivity contribution in [3.63, 3.8) is 0 Å². The summed E-state index contributed by atoms with van der Waals surface area (Å²) in [5.41, 5.74) is 0.921. The molecule has 0 aromatic heterocycles. The summed E-state index contributed by atoms with van der Waals surface area (Å²) in [5.74, 6) is -0.0569. The third kappa shape index (κ3) is 5.04. The van der Waals surface area contributed by atoms with Gasteiger partial charge in [0, 0.05) is 18.7 Å². The molecule has 0 spiro atoms. The molecule has 4 nitrogen and oxygen atoms in total. The third-order valence-corrected chi connectivity index (χ3v) is 2.86. The first kappa shape index (κ1) is 15.0. The summed E-state index contributed by atoms with van der Waals surface area (Å²) in [7, 11) is 1.63. The molecule has 18 heavy (non-hydrogen) atoms. The first-order chi connectivity index (χ1) is 8.65. The highest BCUT2D eigenvalue weighted by atomic mass is 35.5. The van der Waals surface area contributed by atoms with Gasteiger partial charge >= 0.3 is 0 Å². The lowest BCUT2D eigenvalue weighted by atomic mass is 10.1. The highest BCUT2D eigenvalue weighted by Gasteiger charge is 2.11. The maximum Gasteiger partial charge on any atom is 0.234 e. The largest absolute Gasteiger partial charge is 0.383 e. The van der Waals surface area contributed by atoms with Gasteiger partial charge in [0.1, 0.15) is 0 Å². The van der Waals surface area contributed by atoms with Gasteiger partial charge in [-0.3, -0.25) is 4.79 Å². The van der Waals surface area contributed by atoms with Crippen molar-refractivity contribution in [2.75, 3.05) is 26.8 Å². The lowest BCUT2D eigenvalue weighted by Crippen LogP contribution is -2.36. The Bertz CT molecular complexity index is 385. The maximum atomic E-state index is 11.6. The zero-order valence-corrected chi connectivity index (χ0v) is 11.5. The van der Waals surface area contributed by atoms with Crippen LogP contribution in [-0.4, -0.2) is 32.7 Å². The summed E-state index contributed by atoms with van der Waals surface area (Å²) in [6.45, 7) is 3.43. The van der Waals surface area contributed by atoms with Crippen molar-refractivity contribution in [3.05, 3.63) is 34.9 Å². The molecule has 0 unspecified atom stereocenters. The van der Waals surface area contributed by atoms with Gasteiger partial charge in [-0.15, -0.1) is 0 Å². The average molecular weight is 271 g/mol. The Balaban J connectivity index is 2.38. The van der Waals surface area contributed by atoms with Gasteiger partial charge in [0.25, 0.3) is 0 Å². The Morgan fingerprint density at radius 2 is 2.17 bits per heavy atom. The van der Waals surface area contributed by atoms with Crippen LogP contribution in [0.2, 0.25) is 5.02 Å². The fourth-order valence-electron chi connectivity index (χ4n) is 1.57. The molecule has 100 valence electrons. The van der Waals surface area contributed by atoms with Crippen LogP contribution < -0.4 is 10.6 Å². The van der Waals surface area contributed by atoms with E-state index in [0.717, 1.165) is 5.56 Å². The molecule has 0 aliphatic heterocycles. The molecule has 1 atom stereocenters. The van der Waals surface area contributed by atoms with E-state index in [1.54, 1.807) is 7.11 Å². The number of amides is 1. The monoisotopic (exact) mass is 270 g/mol. The van der Waals surface area contributed by atoms with Crippen LogP contribution in [0.3, 0.4) is 0 Å². The fraction of sp³-hybridized carbons (Fsp3) is 0.462. The number of halogens is 1. The molecule has 0 fully saturated rings. The Hall–Kier alpha value is -1.10. The van der Waals surface area contributed by atoms with Gasteiger partial charge in [0.05, 0.1) is 19.2 Å². The number of hydrogen-bond acceptors (Lipinski definition) is 3. The molecule has 0 aliphatic carbocycles. The number of methoxy groups -OCH3 is 1. The summed E-state index contributed by atoms with van der Waals surface area (Å²) in [4.78, 5) is 11.6. The van der Waals surface area contributed by atoms with Crippen molar-refractivity contribution in [1.29, 1.82) is 0 Å². The van der Waals surface area contributed by atoms with Crippen molar-refractivity contribution in [1.82, 2.24) is 10.6 Å². The zero-order chi connectivity index (χ0) is 13.4. The molecule has 0 bridgehead atoms. The second-order valence-corrected chi connectivity index (χ2v) is 4.39. The molecular weight excluding hydrogens is 252 g/mol. The van der Waals surface area contributed by atoms with Crippen molar-refractivity contribution < 1.29 is 9.53 Å². The van der Waals surface area contributed by atoms with Crippen molar-refractivity contribution in [2.45, 2.75) is 13.0 Å². The summed E-state index contributed by atoms with van der Waals surface area (Å²) in [6.07, 6.45) is 0. The van der Waals surface area contributed by atoms with E-state index in [2.05, 4.69) is 10.6 Å². The molecule has 1 amide bonds. The number of benzene rings is 1. The van der Waals surface area contributed by atoms with Crippen LogP contribution in [0, 0.1) is 0 Å². The van der Waals surface area contributed by atoms with Gasteiger partial charge < -0.3 is 15.4 Å². The number of rotatable bonds is 7. The Morgan fingerprint density at radius 1 is 1.44 bits per heavy atom. The lowest BCUT2D eigenvalue weighted by molar-refractivity contribution is -0.120. The van der Waals surface area contributed by atoms with E-state index < -0.39 is 0 Å². The highest BCUT2D eigenvalue weighted by molar-refractivity contribution is 6.31. The van der Waals surface area contributed by atoms with Crippen LogP contribution in [-0.2, 0) is 9.53 Å². The standard InChI is InChI=1S/C13H19ClN2O2/c1-10(11-5-3-4-6-12(11)14)16-13(17)9-15-7-8-18-2/h3-6,10,15H,7-9H2,1-2H3,(H,16,17)/t10-/m0/s1. The van der Waals surface area contributed by atoms with Crippen molar-refractivity contribution in [2.24, 2.45) is 0 Å². The minimum atomic E-state index is -0.101. The Kier molecular flexibility index (Phi) is 6.72. The van der Waals surface area contributed by atoms with Crippen LogP contribution in [0.4, 0.5) is 0 Å². The van der Waals surface area contributed by atoms with Crippen molar-refractivity contribution in [3.8, 4) is 0 Å². The minimum Gasteiger partial charge on any atom is -0.383 e. The van der Waals surface area contributed by atoms with E-state index in [-0.39, 0.29) is 18.5 Å². The minimum absolute atomic E-state index is 0.0569. The molecule has 1 aromatic carbocycles. The second kappa shape index (κ2) is 8.08. The van der Waals surface area contributed by atoms with Crippen LogP contribution >= 0.6 is 11.6 Å². The molecule has 5 heteroatoms. The number of nitrogens with one attached hydrogen (secondary N) is 2. The molecule has 0 saturated heterocycles. The molecule has 1 aromatic rings. The van der Waals surface area contributed by atoms with E-state index in [1.807, 2.05) is 31.2 Å². The molecule has 0 saturated carbocycles. The van der Waals surface area contributed by atoms with Crippen LogP contribution in [0.1, 0.15) is 18.5 Å². The van der Waals surface area contributed by atoms with Gasteiger partial charge in [-0.2, -0.15) is 0 Å². The smallest absolute Gasteiger partial charge is 0.234 e. The van der Waals surface area contributed by atoms with Gasteiger partial charge in [-0.05, 0) is 18.6 Å².